The summed E-state index contributed by atoms with van der Waals surface area (Å²) in [5.74, 6) is -0.362. The maximum atomic E-state index is 14.2. The van der Waals surface area contributed by atoms with E-state index in [1.54, 1.807) is 11.0 Å². The molecule has 0 fully saturated rings. The Labute approximate surface area is 176 Å². The van der Waals surface area contributed by atoms with Gasteiger partial charge < -0.3 is 4.90 Å². The molecule has 0 saturated heterocycles. The highest BCUT2D eigenvalue weighted by atomic mass is 32.1. The van der Waals surface area contributed by atoms with Gasteiger partial charge in [-0.1, -0.05) is 55.0 Å². The van der Waals surface area contributed by atoms with E-state index in [-0.39, 0.29) is 11.7 Å². The summed E-state index contributed by atoms with van der Waals surface area (Å²) in [6.07, 6.45) is 0.308. The van der Waals surface area contributed by atoms with Crippen LogP contribution in [0.25, 0.3) is 10.2 Å². The minimum atomic E-state index is -0.351. The minimum Gasteiger partial charge on any atom is -0.302 e. The highest BCUT2D eigenvalue weighted by molar-refractivity contribution is 7.22. The monoisotopic (exact) mass is 413 g/mol. The van der Waals surface area contributed by atoms with E-state index in [1.807, 2.05) is 32.0 Å². The lowest BCUT2D eigenvalue weighted by Gasteiger charge is -2.25. The lowest BCUT2D eigenvalue weighted by Crippen LogP contribution is -2.39. The first-order chi connectivity index (χ1) is 13.9. The molecule has 0 aliphatic carbocycles. The third-order valence-corrected chi connectivity index (χ3v) is 6.31. The van der Waals surface area contributed by atoms with E-state index in [9.17, 15) is 9.18 Å². The van der Waals surface area contributed by atoms with Gasteiger partial charge in [0.25, 0.3) is 0 Å². The average Bonchev–Trinajstić information content (AvgIpc) is 3.12. The summed E-state index contributed by atoms with van der Waals surface area (Å²) < 4.78 is 14.9. The summed E-state index contributed by atoms with van der Waals surface area (Å²) in [5.41, 5.74) is 3.64. The third kappa shape index (κ3) is 5.00. The fourth-order valence-electron chi connectivity index (χ4n) is 3.43. The number of hydrogen-bond acceptors (Lipinski definition) is 4. The molecule has 0 radical (unpaired) electrons. The van der Waals surface area contributed by atoms with Gasteiger partial charge in [0.15, 0.2) is 5.13 Å². The van der Waals surface area contributed by atoms with Crippen LogP contribution in [0.4, 0.5) is 9.52 Å². The van der Waals surface area contributed by atoms with Gasteiger partial charge in [0, 0.05) is 13.1 Å². The van der Waals surface area contributed by atoms with E-state index in [0.29, 0.717) is 23.6 Å². The normalized spacial score (nSPS) is 11.4. The van der Waals surface area contributed by atoms with Crippen molar-refractivity contribution in [3.05, 3.63) is 58.9 Å². The number of aromatic nitrogens is 1. The fraction of sp³-hybridized carbons (Fsp3) is 0.391. The molecule has 3 aromatic rings. The second-order valence-electron chi connectivity index (χ2n) is 7.26. The predicted octanol–water partition coefficient (Wildman–Crippen LogP) is 4.97. The second kappa shape index (κ2) is 9.46. The van der Waals surface area contributed by atoms with E-state index in [4.69, 9.17) is 0 Å². The SMILES string of the molecule is CCN(CC)CCN(C(=O)Cc1ccc(C)cc1C)c1nc2c(F)cccc2s1. The lowest BCUT2D eigenvalue weighted by atomic mass is 10.0. The summed E-state index contributed by atoms with van der Waals surface area (Å²) in [6.45, 7) is 11.4. The average molecular weight is 414 g/mol. The highest BCUT2D eigenvalue weighted by Crippen LogP contribution is 2.30. The molecule has 0 aliphatic heterocycles. The number of anilines is 1. The molecule has 0 bridgehead atoms. The van der Waals surface area contributed by atoms with Crippen molar-refractivity contribution in [2.45, 2.75) is 34.1 Å². The summed E-state index contributed by atoms with van der Waals surface area (Å²) in [4.78, 5) is 21.7. The first-order valence-corrected chi connectivity index (χ1v) is 10.9. The Kier molecular flexibility index (Phi) is 6.98. The van der Waals surface area contributed by atoms with Crippen molar-refractivity contribution in [2.24, 2.45) is 0 Å². The molecule has 0 saturated carbocycles. The molecule has 154 valence electrons. The van der Waals surface area contributed by atoms with Crippen molar-refractivity contribution in [1.82, 2.24) is 9.88 Å². The molecule has 3 rings (SSSR count). The third-order valence-electron chi connectivity index (χ3n) is 5.26. The summed E-state index contributed by atoms with van der Waals surface area (Å²) in [7, 11) is 0. The smallest absolute Gasteiger partial charge is 0.233 e. The van der Waals surface area contributed by atoms with E-state index in [0.717, 1.165) is 35.5 Å². The van der Waals surface area contributed by atoms with Gasteiger partial charge in [0.05, 0.1) is 11.1 Å². The van der Waals surface area contributed by atoms with Gasteiger partial charge in [-0.2, -0.15) is 0 Å². The van der Waals surface area contributed by atoms with Crippen molar-refractivity contribution < 1.29 is 9.18 Å². The van der Waals surface area contributed by atoms with Gasteiger partial charge in [-0.3, -0.25) is 9.69 Å². The van der Waals surface area contributed by atoms with Gasteiger partial charge in [0.1, 0.15) is 11.3 Å². The molecular formula is C23H28FN3OS. The van der Waals surface area contributed by atoms with Gasteiger partial charge in [-0.25, -0.2) is 9.37 Å². The number of amides is 1. The van der Waals surface area contributed by atoms with Crippen LogP contribution in [0.2, 0.25) is 0 Å². The van der Waals surface area contributed by atoms with Crippen LogP contribution in [0, 0.1) is 19.7 Å². The largest absolute Gasteiger partial charge is 0.302 e. The Morgan fingerprint density at radius 2 is 1.86 bits per heavy atom. The van der Waals surface area contributed by atoms with Crippen molar-refractivity contribution >= 4 is 32.6 Å². The fourth-order valence-corrected chi connectivity index (χ4v) is 4.45. The van der Waals surface area contributed by atoms with Crippen molar-refractivity contribution in [1.29, 1.82) is 0 Å². The standard InChI is InChI=1S/C23H28FN3OS/c1-5-26(6-2)12-13-27(21(28)15-18-11-10-16(3)14-17(18)4)23-25-22-19(24)8-7-9-20(22)29-23/h7-11,14H,5-6,12-13,15H2,1-4H3. The van der Waals surface area contributed by atoms with Crippen LogP contribution in [0.1, 0.15) is 30.5 Å². The summed E-state index contributed by atoms with van der Waals surface area (Å²) in [6, 6.07) is 11.1. The zero-order valence-corrected chi connectivity index (χ0v) is 18.4. The highest BCUT2D eigenvalue weighted by Gasteiger charge is 2.22. The molecule has 29 heavy (non-hydrogen) atoms. The minimum absolute atomic E-state index is 0.0106. The number of thiazole rings is 1. The molecule has 1 heterocycles. The molecule has 1 aromatic heterocycles. The van der Waals surface area contributed by atoms with Crippen LogP contribution in [0.5, 0.6) is 0 Å². The number of carbonyl (C=O) groups excluding carboxylic acids is 1. The van der Waals surface area contributed by atoms with Gasteiger partial charge in [0.2, 0.25) is 5.91 Å². The Morgan fingerprint density at radius 1 is 1.10 bits per heavy atom. The first-order valence-electron chi connectivity index (χ1n) is 10.1. The van der Waals surface area contributed by atoms with E-state index < -0.39 is 0 Å². The maximum absolute atomic E-state index is 14.2. The second-order valence-corrected chi connectivity index (χ2v) is 8.27. The number of para-hydroxylation sites is 1. The molecule has 0 N–H and O–H groups in total. The number of likely N-dealkylation sites (N-methyl/N-ethyl adjacent to an activating group) is 1. The molecular weight excluding hydrogens is 385 g/mol. The van der Waals surface area contributed by atoms with Gasteiger partial charge >= 0.3 is 0 Å². The molecule has 4 nitrogen and oxygen atoms in total. The molecule has 2 aromatic carbocycles. The van der Waals surface area contributed by atoms with Crippen molar-refractivity contribution in [2.75, 3.05) is 31.1 Å². The van der Waals surface area contributed by atoms with Crippen LogP contribution in [-0.2, 0) is 11.2 Å². The predicted molar refractivity (Wildman–Crippen MR) is 119 cm³/mol. The number of halogens is 1. The number of aryl methyl sites for hydroxylation is 2. The number of benzene rings is 2. The zero-order chi connectivity index (χ0) is 21.0. The molecule has 0 aliphatic rings. The molecule has 1 amide bonds. The Bertz CT molecular complexity index is 997. The topological polar surface area (TPSA) is 36.4 Å². The van der Waals surface area contributed by atoms with Crippen LogP contribution in [0.15, 0.2) is 36.4 Å². The van der Waals surface area contributed by atoms with E-state index >= 15 is 0 Å². The molecule has 0 atom stereocenters. The quantitative estimate of drug-likeness (QED) is 0.523. The summed E-state index contributed by atoms with van der Waals surface area (Å²) in [5, 5.41) is 0.562. The van der Waals surface area contributed by atoms with Crippen LogP contribution < -0.4 is 4.90 Å². The number of rotatable bonds is 8. The summed E-state index contributed by atoms with van der Waals surface area (Å²) >= 11 is 1.37. The maximum Gasteiger partial charge on any atom is 0.233 e. The Hall–Kier alpha value is -2.31. The van der Waals surface area contributed by atoms with E-state index in [2.05, 4.69) is 29.8 Å². The van der Waals surface area contributed by atoms with E-state index in [1.165, 1.54) is 23.0 Å². The number of nitrogens with zero attached hydrogens (tertiary/aromatic N) is 3. The number of hydrogen-bond donors (Lipinski definition) is 0. The van der Waals surface area contributed by atoms with Crippen molar-refractivity contribution in [3.8, 4) is 0 Å². The van der Waals surface area contributed by atoms with Gasteiger partial charge in [-0.05, 0) is 50.2 Å². The van der Waals surface area contributed by atoms with Gasteiger partial charge in [-0.15, -0.1) is 0 Å². The molecule has 6 heteroatoms. The molecule has 0 spiro atoms. The Morgan fingerprint density at radius 3 is 2.52 bits per heavy atom. The van der Waals surface area contributed by atoms with Crippen molar-refractivity contribution in [3.63, 3.8) is 0 Å². The van der Waals surface area contributed by atoms with Crippen LogP contribution in [0.3, 0.4) is 0 Å². The zero-order valence-electron chi connectivity index (χ0n) is 17.5. The molecule has 0 unspecified atom stereocenters. The Balaban J connectivity index is 1.90. The lowest BCUT2D eigenvalue weighted by molar-refractivity contribution is -0.118. The first kappa shape index (κ1) is 21.4. The van der Waals surface area contributed by atoms with Crippen LogP contribution >= 0.6 is 11.3 Å². The number of carbonyl (C=O) groups is 1. The van der Waals surface area contributed by atoms with Crippen LogP contribution in [-0.4, -0.2) is 42.0 Å². The number of fused-ring (bicyclic) bond motifs is 1.